The van der Waals surface area contributed by atoms with E-state index < -0.39 is 0 Å². The number of aromatic nitrogens is 2. The molecule has 65 heavy (non-hydrogen) atoms. The first-order valence-electron chi connectivity index (χ1n) is 22.2. The third-order valence-electron chi connectivity index (χ3n) is 13.4. The van der Waals surface area contributed by atoms with Gasteiger partial charge in [0.05, 0.1) is 0 Å². The molecule has 2 heterocycles. The highest BCUT2D eigenvalue weighted by molar-refractivity contribution is 6.15. The molecule has 2 aromatic heterocycles. The van der Waals surface area contributed by atoms with E-state index in [9.17, 15) is 0 Å². The molecule has 11 aromatic carbocycles. The topological polar surface area (TPSA) is 29.0 Å². The summed E-state index contributed by atoms with van der Waals surface area (Å²) in [5, 5.41) is 17.0. The average molecular weight is 826 g/mol. The van der Waals surface area contributed by atoms with E-state index in [1.165, 1.54) is 109 Å². The second-order valence-electron chi connectivity index (χ2n) is 17.0. The van der Waals surface area contributed by atoms with Crippen LogP contribution < -0.4 is 4.90 Å². The van der Waals surface area contributed by atoms with Gasteiger partial charge in [-0.3, -0.25) is 9.97 Å². The summed E-state index contributed by atoms with van der Waals surface area (Å²) in [6.07, 6.45) is 7.71. The van der Waals surface area contributed by atoms with Crippen LogP contribution in [0.4, 0.5) is 17.1 Å². The number of anilines is 3. The Labute approximate surface area is 376 Å². The Morgan fingerprint density at radius 2 is 0.662 bits per heavy atom. The van der Waals surface area contributed by atoms with Crippen molar-refractivity contribution in [1.29, 1.82) is 0 Å². The van der Waals surface area contributed by atoms with Crippen molar-refractivity contribution in [1.82, 2.24) is 9.97 Å². The average Bonchev–Trinajstić information content (AvgIpc) is 3.38. The van der Waals surface area contributed by atoms with E-state index >= 15 is 0 Å². The maximum atomic E-state index is 4.45. The number of nitrogens with zero attached hydrogens (tertiary/aromatic N) is 3. The van der Waals surface area contributed by atoms with Gasteiger partial charge in [-0.1, -0.05) is 140 Å². The van der Waals surface area contributed by atoms with Crippen molar-refractivity contribution in [3.05, 3.63) is 237 Å². The standard InChI is InChI=1S/C62H39N3/c1-2-8-43-33-44(14-13-40(43)7-1)45-21-27-53-46(34-45)15-16-47-35-52(26-28-54(47)53)65(50-22-17-41(18-23-50)59-36-48-29-31-63-38-61(48)57-11-5-3-9-55(57)59)51-24-19-42(20-25-51)60-37-49-30-32-64-39-62(49)58-12-6-4-10-56(58)60/h1-39H. The molecule has 0 saturated heterocycles. The van der Waals surface area contributed by atoms with Crippen LogP contribution in [0.2, 0.25) is 0 Å². The molecule has 13 rings (SSSR count). The van der Waals surface area contributed by atoms with Crippen molar-refractivity contribution in [2.75, 3.05) is 4.90 Å². The summed E-state index contributed by atoms with van der Waals surface area (Å²) in [6.45, 7) is 0. The van der Waals surface area contributed by atoms with Gasteiger partial charge >= 0.3 is 0 Å². The van der Waals surface area contributed by atoms with E-state index in [-0.39, 0.29) is 0 Å². The Morgan fingerprint density at radius 1 is 0.246 bits per heavy atom. The zero-order valence-corrected chi connectivity index (χ0v) is 35.4. The Morgan fingerprint density at radius 3 is 1.25 bits per heavy atom. The minimum absolute atomic E-state index is 1.08. The highest BCUT2D eigenvalue weighted by Crippen LogP contribution is 2.42. The molecule has 0 spiro atoms. The van der Waals surface area contributed by atoms with Crippen LogP contribution in [0.15, 0.2) is 237 Å². The lowest BCUT2D eigenvalue weighted by Crippen LogP contribution is -2.10. The van der Waals surface area contributed by atoms with E-state index in [2.05, 4.69) is 227 Å². The van der Waals surface area contributed by atoms with Crippen molar-refractivity contribution >= 4 is 92.5 Å². The van der Waals surface area contributed by atoms with Crippen LogP contribution in [0.3, 0.4) is 0 Å². The number of hydrogen-bond donors (Lipinski definition) is 0. The molecular formula is C62H39N3. The summed E-state index contributed by atoms with van der Waals surface area (Å²) in [6, 6.07) is 77.9. The van der Waals surface area contributed by atoms with Crippen molar-refractivity contribution in [2.24, 2.45) is 0 Å². The predicted octanol–water partition coefficient (Wildman–Crippen LogP) is 17.0. The molecule has 0 radical (unpaired) electrons. The van der Waals surface area contributed by atoms with Gasteiger partial charge in [-0.15, -0.1) is 0 Å². The first-order chi connectivity index (χ1) is 32.2. The third kappa shape index (κ3) is 6.28. The monoisotopic (exact) mass is 825 g/mol. The van der Waals surface area contributed by atoms with E-state index in [1.807, 2.05) is 24.8 Å². The van der Waals surface area contributed by atoms with Gasteiger partial charge in [-0.05, 0) is 171 Å². The predicted molar refractivity (Wildman–Crippen MR) is 276 cm³/mol. The van der Waals surface area contributed by atoms with Crippen molar-refractivity contribution in [3.63, 3.8) is 0 Å². The van der Waals surface area contributed by atoms with Crippen LogP contribution >= 0.6 is 0 Å². The van der Waals surface area contributed by atoms with Gasteiger partial charge in [0, 0.05) is 52.6 Å². The molecule has 13 aromatic rings. The molecule has 0 aliphatic heterocycles. The summed E-state index contributed by atoms with van der Waals surface area (Å²) >= 11 is 0. The first kappa shape index (κ1) is 36.9. The van der Waals surface area contributed by atoms with E-state index in [0.717, 1.165) is 17.1 Å². The van der Waals surface area contributed by atoms with Crippen molar-refractivity contribution in [3.8, 4) is 33.4 Å². The van der Waals surface area contributed by atoms with Crippen LogP contribution in [-0.2, 0) is 0 Å². The lowest BCUT2D eigenvalue weighted by molar-refractivity contribution is 1.29. The van der Waals surface area contributed by atoms with Gasteiger partial charge in [0.15, 0.2) is 0 Å². The third-order valence-corrected chi connectivity index (χ3v) is 13.4. The van der Waals surface area contributed by atoms with Gasteiger partial charge in [0.1, 0.15) is 0 Å². The van der Waals surface area contributed by atoms with Crippen LogP contribution in [0.5, 0.6) is 0 Å². The number of fused-ring (bicyclic) bond motifs is 10. The zero-order valence-electron chi connectivity index (χ0n) is 35.4. The second kappa shape index (κ2) is 15.0. The molecule has 0 bridgehead atoms. The molecule has 0 aliphatic rings. The van der Waals surface area contributed by atoms with Crippen LogP contribution in [-0.4, -0.2) is 9.97 Å². The fourth-order valence-electron chi connectivity index (χ4n) is 10.1. The van der Waals surface area contributed by atoms with Crippen molar-refractivity contribution in [2.45, 2.75) is 0 Å². The Kier molecular flexibility index (Phi) is 8.53. The number of hydrogen-bond acceptors (Lipinski definition) is 3. The van der Waals surface area contributed by atoms with Gasteiger partial charge < -0.3 is 4.90 Å². The Bertz CT molecular complexity index is 3840. The fourth-order valence-corrected chi connectivity index (χ4v) is 10.1. The Balaban J connectivity index is 0.926. The summed E-state index contributed by atoms with van der Waals surface area (Å²) in [5.41, 5.74) is 10.5. The van der Waals surface area contributed by atoms with Crippen LogP contribution in [0.1, 0.15) is 0 Å². The first-order valence-corrected chi connectivity index (χ1v) is 22.2. The minimum Gasteiger partial charge on any atom is -0.310 e. The minimum atomic E-state index is 1.08. The summed E-state index contributed by atoms with van der Waals surface area (Å²) < 4.78 is 0. The van der Waals surface area contributed by atoms with E-state index in [1.54, 1.807) is 0 Å². The SMILES string of the molecule is c1ccc2cc(-c3ccc4c(ccc5cc(N(c6ccc(-c7cc8ccncc8c8ccccc78)cc6)c6ccc(-c7cc8ccncc8c8ccccc78)cc6)ccc54)c3)ccc2c1. The number of rotatable bonds is 6. The van der Waals surface area contributed by atoms with E-state index in [4.69, 9.17) is 0 Å². The lowest BCUT2D eigenvalue weighted by Gasteiger charge is -2.26. The smallest absolute Gasteiger partial charge is 0.0468 e. The van der Waals surface area contributed by atoms with Gasteiger partial charge in [-0.25, -0.2) is 0 Å². The quantitative estimate of drug-likeness (QED) is 0.156. The number of pyridine rings is 2. The molecule has 0 saturated carbocycles. The van der Waals surface area contributed by atoms with E-state index in [0.29, 0.717) is 0 Å². The van der Waals surface area contributed by atoms with Crippen molar-refractivity contribution < 1.29 is 0 Å². The molecule has 3 nitrogen and oxygen atoms in total. The van der Waals surface area contributed by atoms with Gasteiger partial charge in [0.25, 0.3) is 0 Å². The maximum Gasteiger partial charge on any atom is 0.0468 e. The highest BCUT2D eigenvalue weighted by atomic mass is 15.1. The largest absolute Gasteiger partial charge is 0.310 e. The van der Waals surface area contributed by atoms with Gasteiger partial charge in [0.2, 0.25) is 0 Å². The summed E-state index contributed by atoms with van der Waals surface area (Å²) in [5.74, 6) is 0. The Hall–Kier alpha value is -8.66. The molecule has 0 N–H and O–H groups in total. The molecule has 302 valence electrons. The maximum absolute atomic E-state index is 4.45. The summed E-state index contributed by atoms with van der Waals surface area (Å²) in [4.78, 5) is 11.3. The summed E-state index contributed by atoms with van der Waals surface area (Å²) in [7, 11) is 0. The molecule has 3 heteroatoms. The van der Waals surface area contributed by atoms with Crippen LogP contribution in [0.25, 0.3) is 109 Å². The zero-order chi connectivity index (χ0) is 42.8. The van der Waals surface area contributed by atoms with Gasteiger partial charge in [-0.2, -0.15) is 0 Å². The number of benzene rings is 11. The molecule has 0 aliphatic carbocycles. The molecule has 0 atom stereocenters. The highest BCUT2D eigenvalue weighted by Gasteiger charge is 2.17. The fraction of sp³-hybridized carbons (Fsp3) is 0. The molecule has 0 fully saturated rings. The molecule has 0 amide bonds. The molecule has 0 unspecified atom stereocenters. The second-order valence-corrected chi connectivity index (χ2v) is 17.0. The molecular weight excluding hydrogens is 787 g/mol. The van der Waals surface area contributed by atoms with Crippen LogP contribution in [0, 0.1) is 0 Å². The normalized spacial score (nSPS) is 11.7. The lowest BCUT2D eigenvalue weighted by atomic mass is 9.93.